The van der Waals surface area contributed by atoms with Gasteiger partial charge in [-0.2, -0.15) is 0 Å². The van der Waals surface area contributed by atoms with Crippen molar-refractivity contribution in [1.82, 2.24) is 24.8 Å². The van der Waals surface area contributed by atoms with Crippen LogP contribution < -0.4 is 10.6 Å². The first kappa shape index (κ1) is 29.8. The summed E-state index contributed by atoms with van der Waals surface area (Å²) >= 11 is 0. The molecule has 0 radical (unpaired) electrons. The number of nitrogens with one attached hydrogen (secondary N) is 3. The van der Waals surface area contributed by atoms with E-state index in [0.29, 0.717) is 0 Å². The van der Waals surface area contributed by atoms with Crippen molar-refractivity contribution in [1.29, 1.82) is 0 Å². The van der Waals surface area contributed by atoms with E-state index in [1.54, 1.807) is 0 Å². The van der Waals surface area contributed by atoms with E-state index in [4.69, 9.17) is 4.99 Å². The lowest BCUT2D eigenvalue weighted by atomic mass is 10.0. The standard InChI is InChI=1S/C47H34N6/c1-3-15-31(16-4-1)45-49-46(51-47(50-45)37-23-13-17-30-14-7-8-20-34(30)37)32-26-44(48-29-32)53-41-25-12-10-22-36(41)39-27-38-35-21-9-11-24-40(35)52(42(38)28-43(39)53)33-18-5-2-6-19-33/h1-29,45-46,48-49H,(H,50,51). The lowest BCUT2D eigenvalue weighted by Crippen LogP contribution is -2.44. The van der Waals surface area contributed by atoms with Gasteiger partial charge in [-0.15, -0.1) is 0 Å². The number of hydrogen-bond donors (Lipinski definition) is 3. The van der Waals surface area contributed by atoms with Gasteiger partial charge in [0.05, 0.1) is 22.1 Å². The predicted octanol–water partition coefficient (Wildman–Crippen LogP) is 10.7. The summed E-state index contributed by atoms with van der Waals surface area (Å²) < 4.78 is 4.75. The van der Waals surface area contributed by atoms with E-state index in [1.165, 1.54) is 43.4 Å². The van der Waals surface area contributed by atoms with Crippen LogP contribution in [0.5, 0.6) is 0 Å². The molecule has 0 amide bonds. The van der Waals surface area contributed by atoms with Gasteiger partial charge in [-0.3, -0.25) is 9.88 Å². The lowest BCUT2D eigenvalue weighted by Gasteiger charge is -2.32. The minimum Gasteiger partial charge on any atom is -0.350 e. The molecule has 3 aromatic heterocycles. The molecule has 0 aliphatic carbocycles. The number of para-hydroxylation sites is 3. The second-order valence-electron chi connectivity index (χ2n) is 13.8. The molecule has 252 valence electrons. The predicted molar refractivity (Wildman–Crippen MR) is 218 cm³/mol. The van der Waals surface area contributed by atoms with Crippen LogP contribution in [0.25, 0.3) is 65.9 Å². The number of hydrogen-bond acceptors (Lipinski definition) is 3. The Balaban J connectivity index is 1.09. The van der Waals surface area contributed by atoms with E-state index in [2.05, 4.69) is 201 Å². The third-order valence-electron chi connectivity index (χ3n) is 10.8. The van der Waals surface area contributed by atoms with Gasteiger partial charge in [0.1, 0.15) is 24.0 Å². The third-order valence-corrected chi connectivity index (χ3v) is 10.8. The van der Waals surface area contributed by atoms with Crippen LogP contribution in [0, 0.1) is 0 Å². The van der Waals surface area contributed by atoms with Gasteiger partial charge in [-0.1, -0.05) is 127 Å². The van der Waals surface area contributed by atoms with Gasteiger partial charge in [0.15, 0.2) is 0 Å². The topological polar surface area (TPSA) is 62.1 Å². The molecular weight excluding hydrogens is 649 g/mol. The number of nitrogens with zero attached hydrogens (tertiary/aromatic N) is 3. The number of aromatic amines is 1. The molecule has 0 spiro atoms. The SMILES string of the molecule is c1ccc(C2NC(c3cccc4ccccc34)=NC(c3c[nH]c(-n4c5ccccc5c5cc6c7ccccc7n(-c7ccccc7)c6cc54)c3)N2)cc1. The molecule has 2 unspecified atom stereocenters. The highest BCUT2D eigenvalue weighted by Crippen LogP contribution is 2.40. The van der Waals surface area contributed by atoms with Crippen LogP contribution in [-0.2, 0) is 0 Å². The van der Waals surface area contributed by atoms with Gasteiger partial charge >= 0.3 is 0 Å². The molecule has 0 bridgehead atoms. The summed E-state index contributed by atoms with van der Waals surface area (Å²) in [4.78, 5) is 9.02. The van der Waals surface area contributed by atoms with Crippen LogP contribution in [0.4, 0.5) is 0 Å². The average molecular weight is 683 g/mol. The van der Waals surface area contributed by atoms with Gasteiger partial charge in [-0.05, 0) is 58.8 Å². The summed E-state index contributed by atoms with van der Waals surface area (Å²) in [5.74, 6) is 1.86. The smallest absolute Gasteiger partial charge is 0.132 e. The van der Waals surface area contributed by atoms with Crippen molar-refractivity contribution in [2.75, 3.05) is 0 Å². The number of benzene rings is 7. The summed E-state index contributed by atoms with van der Waals surface area (Å²) in [6, 6.07) is 60.6. The molecule has 11 rings (SSSR count). The van der Waals surface area contributed by atoms with Crippen molar-refractivity contribution >= 4 is 60.2 Å². The number of H-pyrrole nitrogens is 1. The number of fused-ring (bicyclic) bond motifs is 7. The zero-order valence-electron chi connectivity index (χ0n) is 28.7. The van der Waals surface area contributed by atoms with Crippen molar-refractivity contribution in [3.8, 4) is 11.5 Å². The zero-order chi connectivity index (χ0) is 34.9. The van der Waals surface area contributed by atoms with Crippen molar-refractivity contribution < 1.29 is 0 Å². The van der Waals surface area contributed by atoms with E-state index >= 15 is 0 Å². The maximum atomic E-state index is 5.34. The molecule has 2 atom stereocenters. The number of rotatable bonds is 5. The van der Waals surface area contributed by atoms with Crippen molar-refractivity contribution in [3.63, 3.8) is 0 Å². The first-order valence-corrected chi connectivity index (χ1v) is 18.1. The van der Waals surface area contributed by atoms with Gasteiger partial charge in [0.25, 0.3) is 0 Å². The van der Waals surface area contributed by atoms with Crippen LogP contribution in [0.3, 0.4) is 0 Å². The van der Waals surface area contributed by atoms with Gasteiger partial charge in [0, 0.05) is 44.6 Å². The fourth-order valence-corrected chi connectivity index (χ4v) is 8.35. The summed E-state index contributed by atoms with van der Waals surface area (Å²) in [5.41, 5.74) is 9.12. The molecule has 10 aromatic rings. The Hall–Kier alpha value is -6.89. The molecule has 0 fully saturated rings. The quantitative estimate of drug-likeness (QED) is 0.169. The highest BCUT2D eigenvalue weighted by molar-refractivity contribution is 6.19. The molecular formula is C47H34N6. The van der Waals surface area contributed by atoms with E-state index in [9.17, 15) is 0 Å². The lowest BCUT2D eigenvalue weighted by molar-refractivity contribution is 0.409. The Morgan fingerprint density at radius 2 is 1.09 bits per heavy atom. The minimum absolute atomic E-state index is 0.132. The fourth-order valence-electron chi connectivity index (χ4n) is 8.35. The second kappa shape index (κ2) is 11.8. The van der Waals surface area contributed by atoms with E-state index in [1.807, 2.05) is 0 Å². The Morgan fingerprint density at radius 3 is 1.87 bits per heavy atom. The average Bonchev–Trinajstić information content (AvgIpc) is 3.93. The van der Waals surface area contributed by atoms with Crippen LogP contribution >= 0.6 is 0 Å². The molecule has 6 heteroatoms. The van der Waals surface area contributed by atoms with Gasteiger partial charge in [-0.25, -0.2) is 4.99 Å². The fraction of sp³-hybridized carbons (Fsp3) is 0.0426. The maximum absolute atomic E-state index is 5.34. The normalized spacial score (nSPS) is 16.1. The second-order valence-corrected chi connectivity index (χ2v) is 13.8. The monoisotopic (exact) mass is 682 g/mol. The highest BCUT2D eigenvalue weighted by Gasteiger charge is 2.27. The first-order valence-electron chi connectivity index (χ1n) is 18.1. The molecule has 7 aromatic carbocycles. The molecule has 4 heterocycles. The molecule has 6 nitrogen and oxygen atoms in total. The zero-order valence-corrected chi connectivity index (χ0v) is 28.7. The molecule has 3 N–H and O–H groups in total. The summed E-state index contributed by atoms with van der Waals surface area (Å²) in [6.07, 6.45) is 1.68. The van der Waals surface area contributed by atoms with E-state index in [-0.39, 0.29) is 12.3 Å². The molecule has 53 heavy (non-hydrogen) atoms. The van der Waals surface area contributed by atoms with E-state index in [0.717, 1.165) is 45.1 Å². The Bertz CT molecular complexity index is 3020. The minimum atomic E-state index is -0.291. The number of aromatic nitrogens is 3. The highest BCUT2D eigenvalue weighted by atomic mass is 15.3. The number of amidine groups is 1. The molecule has 1 aliphatic rings. The van der Waals surface area contributed by atoms with Crippen LogP contribution in [0.15, 0.2) is 181 Å². The molecule has 0 saturated carbocycles. The summed E-state index contributed by atoms with van der Waals surface area (Å²) in [5, 5.41) is 14.8. The van der Waals surface area contributed by atoms with Crippen LogP contribution in [-0.4, -0.2) is 20.0 Å². The van der Waals surface area contributed by atoms with Gasteiger partial charge in [0.2, 0.25) is 0 Å². The van der Waals surface area contributed by atoms with Crippen LogP contribution in [0.2, 0.25) is 0 Å². The largest absolute Gasteiger partial charge is 0.350 e. The van der Waals surface area contributed by atoms with Crippen molar-refractivity contribution in [2.24, 2.45) is 4.99 Å². The first-order chi connectivity index (χ1) is 26.3. The molecule has 0 saturated heterocycles. The summed E-state index contributed by atoms with van der Waals surface area (Å²) in [6.45, 7) is 0. The Kier molecular flexibility index (Phi) is 6.66. The van der Waals surface area contributed by atoms with Gasteiger partial charge < -0.3 is 14.9 Å². The van der Waals surface area contributed by atoms with E-state index < -0.39 is 0 Å². The Morgan fingerprint density at radius 1 is 0.472 bits per heavy atom. The maximum Gasteiger partial charge on any atom is 0.132 e. The van der Waals surface area contributed by atoms with Crippen LogP contribution in [0.1, 0.15) is 29.0 Å². The summed E-state index contributed by atoms with van der Waals surface area (Å²) in [7, 11) is 0. The third kappa shape index (κ3) is 4.73. The Labute approximate surface area is 305 Å². The van der Waals surface area contributed by atoms with Crippen molar-refractivity contribution in [3.05, 3.63) is 193 Å². The number of aliphatic imine (C=N–C) groups is 1. The van der Waals surface area contributed by atoms with Crippen molar-refractivity contribution in [2.45, 2.75) is 12.3 Å². The molecule has 1 aliphatic heterocycles.